The maximum Gasteiger partial charge on any atom is 0.335 e. The minimum absolute atomic E-state index is 0.133. The molecule has 28 heavy (non-hydrogen) atoms. The number of carbonyl (C=O) groups excluding carboxylic acids is 1. The maximum absolute atomic E-state index is 12.7. The van der Waals surface area contributed by atoms with Crippen LogP contribution in [-0.4, -0.2) is 34.1 Å². The molecule has 4 rings (SSSR count). The van der Waals surface area contributed by atoms with Crippen molar-refractivity contribution in [2.45, 2.75) is 0 Å². The summed E-state index contributed by atoms with van der Waals surface area (Å²) in [6.45, 7) is 0. The second kappa shape index (κ2) is 7.32. The predicted molar refractivity (Wildman–Crippen MR) is 113 cm³/mol. The smallest absolute Gasteiger partial charge is 0.335 e. The molecular formula is C22H16N2O3S. The molecule has 3 aromatic carbocycles. The Hall–Kier alpha value is -3.38. The van der Waals surface area contributed by atoms with Gasteiger partial charge in [-0.1, -0.05) is 48.5 Å². The predicted octanol–water partition coefficient (Wildman–Crippen LogP) is 4.77. The number of thioether (sulfide) groups is 1. The molecule has 1 amide bonds. The van der Waals surface area contributed by atoms with E-state index in [1.165, 1.54) is 28.8 Å². The van der Waals surface area contributed by atoms with Crippen molar-refractivity contribution in [1.82, 2.24) is 4.90 Å². The molecule has 3 aromatic rings. The summed E-state index contributed by atoms with van der Waals surface area (Å²) < 4.78 is 0. The zero-order valence-corrected chi connectivity index (χ0v) is 15.8. The molecule has 1 heterocycles. The molecule has 6 heteroatoms. The fourth-order valence-electron chi connectivity index (χ4n) is 2.99. The Morgan fingerprint density at radius 1 is 1.07 bits per heavy atom. The highest BCUT2D eigenvalue weighted by Crippen LogP contribution is 2.34. The summed E-state index contributed by atoms with van der Waals surface area (Å²) in [5, 5.41) is 11.8. The summed E-state index contributed by atoms with van der Waals surface area (Å²) in [5.41, 5.74) is 1.62. The summed E-state index contributed by atoms with van der Waals surface area (Å²) in [6, 6.07) is 20.4. The van der Waals surface area contributed by atoms with E-state index in [0.29, 0.717) is 15.8 Å². The van der Waals surface area contributed by atoms with Crippen LogP contribution in [0.1, 0.15) is 15.9 Å². The van der Waals surface area contributed by atoms with Crippen LogP contribution in [0.3, 0.4) is 0 Å². The molecule has 1 aliphatic rings. The van der Waals surface area contributed by atoms with Gasteiger partial charge in [0.25, 0.3) is 5.91 Å². The lowest BCUT2D eigenvalue weighted by Crippen LogP contribution is -2.23. The first kappa shape index (κ1) is 18.0. The van der Waals surface area contributed by atoms with Crippen LogP contribution in [0.25, 0.3) is 16.8 Å². The number of aromatic carboxylic acids is 1. The van der Waals surface area contributed by atoms with E-state index in [0.717, 1.165) is 16.3 Å². The molecule has 0 bridgehead atoms. The number of likely N-dealkylation sites (N-methyl/N-ethyl adjacent to an activating group) is 1. The Morgan fingerprint density at radius 2 is 1.82 bits per heavy atom. The molecule has 0 saturated carbocycles. The topological polar surface area (TPSA) is 70.0 Å². The normalized spacial score (nSPS) is 17.0. The Kier molecular flexibility index (Phi) is 4.71. The second-order valence-corrected chi connectivity index (χ2v) is 7.30. The number of carboxylic acid groups (broad SMARTS) is 1. The average Bonchev–Trinajstić information content (AvgIpc) is 2.96. The highest BCUT2D eigenvalue weighted by molar-refractivity contribution is 8.18. The number of rotatable bonds is 3. The first-order valence-electron chi connectivity index (χ1n) is 8.60. The lowest BCUT2D eigenvalue weighted by Gasteiger charge is -2.07. The van der Waals surface area contributed by atoms with E-state index in [9.17, 15) is 9.59 Å². The first-order valence-corrected chi connectivity index (χ1v) is 9.42. The summed E-state index contributed by atoms with van der Waals surface area (Å²) in [7, 11) is 1.67. The summed E-state index contributed by atoms with van der Waals surface area (Å²) in [5.74, 6) is -1.15. The van der Waals surface area contributed by atoms with Gasteiger partial charge in [0.1, 0.15) is 0 Å². The number of nitrogens with zero attached hydrogens (tertiary/aromatic N) is 2. The van der Waals surface area contributed by atoms with Crippen LogP contribution in [0.4, 0.5) is 5.69 Å². The fraction of sp³-hybridized carbons (Fsp3) is 0.0455. The van der Waals surface area contributed by atoms with E-state index in [-0.39, 0.29) is 11.5 Å². The van der Waals surface area contributed by atoms with Gasteiger partial charge in [-0.3, -0.25) is 9.69 Å². The zero-order chi connectivity index (χ0) is 19.7. The van der Waals surface area contributed by atoms with Gasteiger partial charge >= 0.3 is 5.97 Å². The summed E-state index contributed by atoms with van der Waals surface area (Å²) in [6.07, 6.45) is 1.88. The number of amidine groups is 1. The number of amides is 1. The van der Waals surface area contributed by atoms with Crippen LogP contribution in [-0.2, 0) is 4.79 Å². The van der Waals surface area contributed by atoms with Gasteiger partial charge in [-0.25, -0.2) is 9.79 Å². The monoisotopic (exact) mass is 388 g/mol. The van der Waals surface area contributed by atoms with E-state index in [1.54, 1.807) is 19.2 Å². The standard InChI is InChI=1S/C22H16N2O3S/c1-24-20(25)19(13-15-8-4-7-14-6-2-3-11-18(14)15)28-22(24)23-17-10-5-9-16(12-17)21(26)27/h2-13H,1H3,(H,26,27)/b19-13+,23-22?. The number of benzene rings is 3. The van der Waals surface area contributed by atoms with Gasteiger partial charge in [0.15, 0.2) is 5.17 Å². The van der Waals surface area contributed by atoms with Crippen LogP contribution >= 0.6 is 11.8 Å². The average molecular weight is 388 g/mol. The quantitative estimate of drug-likeness (QED) is 0.656. The molecule has 1 saturated heterocycles. The SMILES string of the molecule is CN1C(=O)/C(=C\c2cccc3ccccc23)SC1=Nc1cccc(C(=O)O)c1. The van der Waals surface area contributed by atoms with Gasteiger partial charge in [0.05, 0.1) is 16.2 Å². The molecular weight excluding hydrogens is 372 g/mol. The van der Waals surface area contributed by atoms with Crippen molar-refractivity contribution in [3.8, 4) is 0 Å². The van der Waals surface area contributed by atoms with Crippen molar-refractivity contribution in [3.05, 3.63) is 82.8 Å². The molecule has 0 atom stereocenters. The Bertz CT molecular complexity index is 1160. The fourth-order valence-corrected chi connectivity index (χ4v) is 3.97. The molecule has 5 nitrogen and oxygen atoms in total. The van der Waals surface area contributed by atoms with Crippen LogP contribution in [0.15, 0.2) is 76.6 Å². The summed E-state index contributed by atoms with van der Waals surface area (Å²) >= 11 is 1.28. The van der Waals surface area contributed by atoms with Gasteiger partial charge in [-0.15, -0.1) is 0 Å². The van der Waals surface area contributed by atoms with Gasteiger partial charge in [0.2, 0.25) is 0 Å². The number of hydrogen-bond acceptors (Lipinski definition) is 4. The third-order valence-corrected chi connectivity index (χ3v) is 5.49. The third kappa shape index (κ3) is 3.42. The number of carbonyl (C=O) groups is 2. The second-order valence-electron chi connectivity index (χ2n) is 6.29. The maximum atomic E-state index is 12.7. The zero-order valence-electron chi connectivity index (χ0n) is 15.0. The number of carboxylic acids is 1. The highest BCUT2D eigenvalue weighted by atomic mass is 32.2. The van der Waals surface area contributed by atoms with Gasteiger partial charge in [-0.05, 0) is 52.4 Å². The van der Waals surface area contributed by atoms with Gasteiger partial charge in [0, 0.05) is 7.05 Å². The van der Waals surface area contributed by atoms with E-state index in [4.69, 9.17) is 5.11 Å². The molecule has 0 spiro atoms. The Morgan fingerprint density at radius 3 is 2.64 bits per heavy atom. The summed E-state index contributed by atoms with van der Waals surface area (Å²) in [4.78, 5) is 30.3. The molecule has 0 aliphatic carbocycles. The largest absolute Gasteiger partial charge is 0.478 e. The van der Waals surface area contributed by atoms with Crippen LogP contribution < -0.4 is 0 Å². The van der Waals surface area contributed by atoms with Gasteiger partial charge < -0.3 is 5.11 Å². The van der Waals surface area contributed by atoms with E-state index in [1.807, 2.05) is 48.5 Å². The molecule has 1 N–H and O–H groups in total. The van der Waals surface area contributed by atoms with E-state index >= 15 is 0 Å². The van der Waals surface area contributed by atoms with E-state index < -0.39 is 5.97 Å². The molecule has 0 unspecified atom stereocenters. The van der Waals surface area contributed by atoms with Crippen LogP contribution in [0.2, 0.25) is 0 Å². The molecule has 0 aromatic heterocycles. The van der Waals surface area contributed by atoms with Crippen molar-refractivity contribution in [3.63, 3.8) is 0 Å². The molecule has 1 fully saturated rings. The number of hydrogen-bond donors (Lipinski definition) is 1. The lowest BCUT2D eigenvalue weighted by atomic mass is 10.0. The van der Waals surface area contributed by atoms with E-state index in [2.05, 4.69) is 4.99 Å². The molecule has 138 valence electrons. The van der Waals surface area contributed by atoms with Crippen molar-refractivity contribution < 1.29 is 14.7 Å². The third-order valence-electron chi connectivity index (χ3n) is 4.43. The van der Waals surface area contributed by atoms with Crippen LogP contribution in [0, 0.1) is 0 Å². The number of fused-ring (bicyclic) bond motifs is 1. The minimum atomic E-state index is -1.01. The highest BCUT2D eigenvalue weighted by Gasteiger charge is 2.30. The van der Waals surface area contributed by atoms with Crippen molar-refractivity contribution in [2.24, 2.45) is 4.99 Å². The minimum Gasteiger partial charge on any atom is -0.478 e. The van der Waals surface area contributed by atoms with Crippen molar-refractivity contribution in [1.29, 1.82) is 0 Å². The van der Waals surface area contributed by atoms with Crippen molar-refractivity contribution in [2.75, 3.05) is 7.05 Å². The first-order chi connectivity index (χ1) is 13.5. The Labute approximate surface area is 166 Å². The number of aliphatic imine (C=N–C) groups is 1. The lowest BCUT2D eigenvalue weighted by molar-refractivity contribution is -0.121. The van der Waals surface area contributed by atoms with Gasteiger partial charge in [-0.2, -0.15) is 0 Å². The molecule has 0 radical (unpaired) electrons. The Balaban J connectivity index is 1.70. The van der Waals surface area contributed by atoms with Crippen molar-refractivity contribution >= 4 is 51.3 Å². The van der Waals surface area contributed by atoms with Crippen LogP contribution in [0.5, 0.6) is 0 Å². The molecule has 1 aliphatic heterocycles.